The summed E-state index contributed by atoms with van der Waals surface area (Å²) in [4.78, 5) is 27.4. The van der Waals surface area contributed by atoms with Crippen molar-refractivity contribution >= 4 is 39.3 Å². The number of carbonyl (C=O) groups excluding carboxylic acids is 2. The van der Waals surface area contributed by atoms with Crippen LogP contribution < -0.4 is 10.1 Å². The van der Waals surface area contributed by atoms with Crippen molar-refractivity contribution in [2.45, 2.75) is 51.2 Å². The number of hydrogen-bond donors (Lipinski definition) is 1. The van der Waals surface area contributed by atoms with Crippen LogP contribution in [0.15, 0.2) is 53.0 Å². The van der Waals surface area contributed by atoms with Gasteiger partial charge in [-0.1, -0.05) is 58.6 Å². The number of rotatable bonds is 8. The molecule has 1 aliphatic rings. The first-order valence-electron chi connectivity index (χ1n) is 10.1. The SMILES string of the molecule is C[C@H](C(=O)NC1CCCC1)N(Cc1ccc(Br)cc1)C(=O)COc1cccc(Cl)c1. The van der Waals surface area contributed by atoms with Gasteiger partial charge in [-0.15, -0.1) is 0 Å². The fourth-order valence-electron chi connectivity index (χ4n) is 3.55. The summed E-state index contributed by atoms with van der Waals surface area (Å²) in [6.45, 7) is 1.92. The van der Waals surface area contributed by atoms with Crippen molar-refractivity contribution in [2.75, 3.05) is 6.61 Å². The van der Waals surface area contributed by atoms with Crippen molar-refractivity contribution in [3.8, 4) is 5.75 Å². The first-order chi connectivity index (χ1) is 14.4. The minimum Gasteiger partial charge on any atom is -0.484 e. The third kappa shape index (κ3) is 6.47. The summed E-state index contributed by atoms with van der Waals surface area (Å²) < 4.78 is 6.59. The van der Waals surface area contributed by atoms with Gasteiger partial charge in [0.25, 0.3) is 5.91 Å². The molecule has 1 aliphatic carbocycles. The first-order valence-corrected chi connectivity index (χ1v) is 11.3. The highest BCUT2D eigenvalue weighted by Gasteiger charge is 2.28. The maximum absolute atomic E-state index is 13.0. The summed E-state index contributed by atoms with van der Waals surface area (Å²) in [5.74, 6) is 0.129. The lowest BCUT2D eigenvalue weighted by Crippen LogP contribution is -2.50. The van der Waals surface area contributed by atoms with Gasteiger partial charge >= 0.3 is 0 Å². The first kappa shape index (κ1) is 22.6. The van der Waals surface area contributed by atoms with Crippen LogP contribution in [-0.2, 0) is 16.1 Å². The highest BCUT2D eigenvalue weighted by molar-refractivity contribution is 9.10. The lowest BCUT2D eigenvalue weighted by atomic mass is 10.1. The van der Waals surface area contributed by atoms with Crippen molar-refractivity contribution in [2.24, 2.45) is 0 Å². The van der Waals surface area contributed by atoms with Crippen molar-refractivity contribution in [3.05, 3.63) is 63.6 Å². The van der Waals surface area contributed by atoms with Gasteiger partial charge in [0.15, 0.2) is 6.61 Å². The molecule has 0 spiro atoms. The standard InChI is InChI=1S/C23H26BrClN2O3/c1-16(23(29)26-20-6-2-3-7-20)27(14-17-9-11-18(24)12-10-17)22(28)15-30-21-8-4-5-19(25)13-21/h4-5,8-13,16,20H,2-3,6-7,14-15H2,1H3,(H,26,29)/t16-/m1/s1. The van der Waals surface area contributed by atoms with E-state index in [0.29, 0.717) is 17.3 Å². The zero-order valence-corrected chi connectivity index (χ0v) is 19.3. The molecular formula is C23H26BrClN2O3. The van der Waals surface area contributed by atoms with E-state index >= 15 is 0 Å². The normalized spacial score (nSPS) is 14.9. The summed E-state index contributed by atoms with van der Waals surface area (Å²) in [5.41, 5.74) is 0.940. The number of hydrogen-bond acceptors (Lipinski definition) is 3. The summed E-state index contributed by atoms with van der Waals surface area (Å²) in [7, 11) is 0. The van der Waals surface area contributed by atoms with Gasteiger partial charge in [-0.05, 0) is 55.7 Å². The van der Waals surface area contributed by atoms with Gasteiger partial charge in [0, 0.05) is 22.1 Å². The Morgan fingerprint density at radius 3 is 2.57 bits per heavy atom. The minimum absolute atomic E-state index is 0.130. The Balaban J connectivity index is 1.70. The molecule has 1 N–H and O–H groups in total. The molecule has 2 aromatic carbocycles. The van der Waals surface area contributed by atoms with Crippen LogP contribution in [0.3, 0.4) is 0 Å². The summed E-state index contributed by atoms with van der Waals surface area (Å²) in [6.07, 6.45) is 4.26. The van der Waals surface area contributed by atoms with E-state index in [2.05, 4.69) is 21.2 Å². The second-order valence-electron chi connectivity index (χ2n) is 7.56. The van der Waals surface area contributed by atoms with Crippen LogP contribution in [0.2, 0.25) is 5.02 Å². The summed E-state index contributed by atoms with van der Waals surface area (Å²) in [5, 5.41) is 3.63. The maximum Gasteiger partial charge on any atom is 0.261 e. The van der Waals surface area contributed by atoms with Gasteiger partial charge in [0.05, 0.1) is 0 Å². The number of benzene rings is 2. The minimum atomic E-state index is -0.607. The van der Waals surface area contributed by atoms with Crippen LogP contribution >= 0.6 is 27.5 Å². The quantitative estimate of drug-likeness (QED) is 0.566. The fraction of sp³-hybridized carbons (Fsp3) is 0.391. The van der Waals surface area contributed by atoms with E-state index < -0.39 is 6.04 Å². The molecule has 5 nitrogen and oxygen atoms in total. The number of ether oxygens (including phenoxy) is 1. The molecule has 160 valence electrons. The zero-order chi connectivity index (χ0) is 21.5. The average molecular weight is 494 g/mol. The maximum atomic E-state index is 13.0. The highest BCUT2D eigenvalue weighted by atomic mass is 79.9. The highest BCUT2D eigenvalue weighted by Crippen LogP contribution is 2.20. The van der Waals surface area contributed by atoms with Crippen LogP contribution in [-0.4, -0.2) is 35.4 Å². The molecule has 0 aromatic heterocycles. The van der Waals surface area contributed by atoms with Gasteiger partial charge in [-0.2, -0.15) is 0 Å². The van der Waals surface area contributed by atoms with Crippen LogP contribution in [0.5, 0.6) is 5.75 Å². The molecular weight excluding hydrogens is 468 g/mol. The van der Waals surface area contributed by atoms with E-state index in [1.807, 2.05) is 24.3 Å². The monoisotopic (exact) mass is 492 g/mol. The zero-order valence-electron chi connectivity index (χ0n) is 16.9. The number of carbonyl (C=O) groups is 2. The molecule has 0 radical (unpaired) electrons. The Bertz CT molecular complexity index is 869. The fourth-order valence-corrected chi connectivity index (χ4v) is 3.99. The van der Waals surface area contributed by atoms with E-state index in [-0.39, 0.29) is 24.5 Å². The van der Waals surface area contributed by atoms with E-state index in [0.717, 1.165) is 35.7 Å². The van der Waals surface area contributed by atoms with Crippen molar-refractivity contribution < 1.29 is 14.3 Å². The Morgan fingerprint density at radius 1 is 1.20 bits per heavy atom. The second-order valence-corrected chi connectivity index (χ2v) is 8.91. The van der Waals surface area contributed by atoms with Crippen molar-refractivity contribution in [1.82, 2.24) is 10.2 Å². The molecule has 1 fully saturated rings. The molecule has 3 rings (SSSR count). The molecule has 7 heteroatoms. The van der Waals surface area contributed by atoms with Crippen LogP contribution in [0.25, 0.3) is 0 Å². The molecule has 1 atom stereocenters. The molecule has 30 heavy (non-hydrogen) atoms. The van der Waals surface area contributed by atoms with Crippen LogP contribution in [0.4, 0.5) is 0 Å². The van der Waals surface area contributed by atoms with Gasteiger partial charge < -0.3 is 15.0 Å². The molecule has 0 aliphatic heterocycles. The average Bonchev–Trinajstić information content (AvgIpc) is 3.24. The molecule has 2 aromatic rings. The number of nitrogens with one attached hydrogen (secondary N) is 1. The Hall–Kier alpha value is -2.05. The summed E-state index contributed by atoms with van der Waals surface area (Å²) in [6, 6.07) is 14.2. The third-order valence-electron chi connectivity index (χ3n) is 5.29. The lowest BCUT2D eigenvalue weighted by molar-refractivity contribution is -0.142. The smallest absolute Gasteiger partial charge is 0.261 e. The van der Waals surface area contributed by atoms with E-state index in [1.165, 1.54) is 0 Å². The largest absolute Gasteiger partial charge is 0.484 e. The number of amides is 2. The van der Waals surface area contributed by atoms with Crippen molar-refractivity contribution in [1.29, 1.82) is 0 Å². The van der Waals surface area contributed by atoms with Gasteiger partial charge in [0.1, 0.15) is 11.8 Å². The lowest BCUT2D eigenvalue weighted by Gasteiger charge is -2.29. The van der Waals surface area contributed by atoms with Gasteiger partial charge in [-0.25, -0.2) is 0 Å². The van der Waals surface area contributed by atoms with Crippen molar-refractivity contribution in [3.63, 3.8) is 0 Å². The van der Waals surface area contributed by atoms with E-state index in [1.54, 1.807) is 36.1 Å². The second kappa shape index (κ2) is 10.8. The molecule has 0 unspecified atom stereocenters. The van der Waals surface area contributed by atoms with Crippen LogP contribution in [0.1, 0.15) is 38.2 Å². The molecule has 0 saturated heterocycles. The van der Waals surface area contributed by atoms with Gasteiger partial charge in [0.2, 0.25) is 5.91 Å². The topological polar surface area (TPSA) is 58.6 Å². The van der Waals surface area contributed by atoms with Crippen LogP contribution in [0, 0.1) is 0 Å². The molecule has 2 amide bonds. The third-order valence-corrected chi connectivity index (χ3v) is 6.06. The van der Waals surface area contributed by atoms with E-state index in [9.17, 15) is 9.59 Å². The number of nitrogens with zero attached hydrogens (tertiary/aromatic N) is 1. The number of halogens is 2. The summed E-state index contributed by atoms with van der Waals surface area (Å²) >= 11 is 9.41. The molecule has 0 bridgehead atoms. The predicted molar refractivity (Wildman–Crippen MR) is 121 cm³/mol. The molecule has 1 saturated carbocycles. The predicted octanol–water partition coefficient (Wildman–Crippen LogP) is 4.96. The van der Waals surface area contributed by atoms with Gasteiger partial charge in [-0.3, -0.25) is 9.59 Å². The Morgan fingerprint density at radius 2 is 1.90 bits per heavy atom. The van der Waals surface area contributed by atoms with E-state index in [4.69, 9.17) is 16.3 Å². The molecule has 0 heterocycles. The Labute approximate surface area is 190 Å². The Kier molecular flexibility index (Phi) is 8.16.